The standard InChI is InChI=1S/C21H24N2O6/c1-4-8-18(15-9-6-5-7-10-15)22-20(24)14(2)29-21(25)17-13-16(23(26)27)11-12-19(17)28-3/h5-7,9-14,18H,4,8H2,1-3H3,(H,22,24)/t14-,18+/m0/s1. The van der Waals surface area contributed by atoms with Crippen LogP contribution in [0.4, 0.5) is 5.69 Å². The number of ether oxygens (including phenoxy) is 2. The zero-order valence-corrected chi connectivity index (χ0v) is 16.6. The Labute approximate surface area is 169 Å². The van der Waals surface area contributed by atoms with Gasteiger partial charge in [-0.05, 0) is 25.0 Å². The molecule has 0 saturated carbocycles. The van der Waals surface area contributed by atoms with Gasteiger partial charge in [-0.2, -0.15) is 0 Å². The van der Waals surface area contributed by atoms with E-state index in [-0.39, 0.29) is 23.0 Å². The van der Waals surface area contributed by atoms with Crippen molar-refractivity contribution in [3.05, 3.63) is 69.8 Å². The molecule has 29 heavy (non-hydrogen) atoms. The fourth-order valence-electron chi connectivity index (χ4n) is 2.83. The maximum Gasteiger partial charge on any atom is 0.342 e. The molecule has 0 unspecified atom stereocenters. The maximum atomic E-state index is 12.6. The third-order valence-corrected chi connectivity index (χ3v) is 4.36. The lowest BCUT2D eigenvalue weighted by Crippen LogP contribution is -2.38. The normalized spacial score (nSPS) is 12.5. The number of amides is 1. The summed E-state index contributed by atoms with van der Waals surface area (Å²) in [6.07, 6.45) is 0.503. The lowest BCUT2D eigenvalue weighted by molar-refractivity contribution is -0.384. The smallest absolute Gasteiger partial charge is 0.342 e. The first kappa shape index (κ1) is 21.9. The van der Waals surface area contributed by atoms with Gasteiger partial charge in [0.25, 0.3) is 11.6 Å². The second-order valence-corrected chi connectivity index (χ2v) is 6.45. The summed E-state index contributed by atoms with van der Waals surface area (Å²) in [4.78, 5) is 35.4. The van der Waals surface area contributed by atoms with E-state index in [0.29, 0.717) is 0 Å². The van der Waals surface area contributed by atoms with E-state index < -0.39 is 22.9 Å². The van der Waals surface area contributed by atoms with Crippen LogP contribution < -0.4 is 10.1 Å². The van der Waals surface area contributed by atoms with Crippen molar-refractivity contribution in [2.75, 3.05) is 7.11 Å². The highest BCUT2D eigenvalue weighted by atomic mass is 16.6. The fraction of sp³-hybridized carbons (Fsp3) is 0.333. The molecule has 0 spiro atoms. The van der Waals surface area contributed by atoms with Crippen LogP contribution in [-0.2, 0) is 9.53 Å². The summed E-state index contributed by atoms with van der Waals surface area (Å²) in [6.45, 7) is 3.46. The molecule has 8 heteroatoms. The molecule has 0 aliphatic carbocycles. The Morgan fingerprint density at radius 1 is 1.17 bits per heavy atom. The van der Waals surface area contributed by atoms with Crippen LogP contribution in [0, 0.1) is 10.1 Å². The average Bonchev–Trinajstić information content (AvgIpc) is 2.73. The molecule has 0 bridgehead atoms. The minimum atomic E-state index is -1.09. The van der Waals surface area contributed by atoms with Crippen molar-refractivity contribution in [2.24, 2.45) is 0 Å². The van der Waals surface area contributed by atoms with Gasteiger partial charge in [0.15, 0.2) is 6.10 Å². The van der Waals surface area contributed by atoms with Crippen LogP contribution in [0.25, 0.3) is 0 Å². The van der Waals surface area contributed by atoms with Gasteiger partial charge in [0.05, 0.1) is 18.1 Å². The van der Waals surface area contributed by atoms with Crippen molar-refractivity contribution in [1.29, 1.82) is 0 Å². The van der Waals surface area contributed by atoms with Gasteiger partial charge in [0.1, 0.15) is 11.3 Å². The number of nitrogens with one attached hydrogen (secondary N) is 1. The summed E-state index contributed by atoms with van der Waals surface area (Å²) in [5.41, 5.74) is 0.568. The van der Waals surface area contributed by atoms with Gasteiger partial charge in [-0.15, -0.1) is 0 Å². The van der Waals surface area contributed by atoms with Crippen LogP contribution in [0.5, 0.6) is 5.75 Å². The van der Waals surface area contributed by atoms with Crippen molar-refractivity contribution >= 4 is 17.6 Å². The van der Waals surface area contributed by atoms with Crippen LogP contribution in [0.1, 0.15) is 48.7 Å². The largest absolute Gasteiger partial charge is 0.496 e. The van der Waals surface area contributed by atoms with Gasteiger partial charge in [0.2, 0.25) is 0 Å². The number of carbonyl (C=O) groups excluding carboxylic acids is 2. The average molecular weight is 400 g/mol. The van der Waals surface area contributed by atoms with Gasteiger partial charge < -0.3 is 14.8 Å². The molecule has 2 rings (SSSR count). The van der Waals surface area contributed by atoms with Gasteiger partial charge in [0, 0.05) is 12.1 Å². The van der Waals surface area contributed by atoms with E-state index in [1.165, 1.54) is 26.2 Å². The first-order valence-electron chi connectivity index (χ1n) is 9.26. The Morgan fingerprint density at radius 3 is 2.45 bits per heavy atom. The van der Waals surface area contributed by atoms with Crippen LogP contribution in [0.3, 0.4) is 0 Å². The number of carbonyl (C=O) groups is 2. The fourth-order valence-corrected chi connectivity index (χ4v) is 2.83. The number of nitro benzene ring substituents is 1. The molecule has 2 aromatic carbocycles. The van der Waals surface area contributed by atoms with Crippen molar-refractivity contribution in [3.8, 4) is 5.75 Å². The van der Waals surface area contributed by atoms with Gasteiger partial charge in [-0.3, -0.25) is 14.9 Å². The molecule has 0 heterocycles. The summed E-state index contributed by atoms with van der Waals surface area (Å²) in [6, 6.07) is 12.9. The molecule has 0 radical (unpaired) electrons. The molecule has 8 nitrogen and oxygen atoms in total. The molecular weight excluding hydrogens is 376 g/mol. The molecule has 2 atom stereocenters. The Bertz CT molecular complexity index is 869. The van der Waals surface area contributed by atoms with Crippen molar-refractivity contribution in [3.63, 3.8) is 0 Å². The first-order chi connectivity index (χ1) is 13.9. The number of hydrogen-bond donors (Lipinski definition) is 1. The number of nitrogens with zero attached hydrogens (tertiary/aromatic N) is 1. The minimum Gasteiger partial charge on any atom is -0.496 e. The molecule has 1 amide bonds. The zero-order chi connectivity index (χ0) is 21.4. The minimum absolute atomic E-state index is 0.116. The van der Waals surface area contributed by atoms with Crippen LogP contribution in [-0.4, -0.2) is 30.0 Å². The Balaban J connectivity index is 2.11. The summed E-state index contributed by atoms with van der Waals surface area (Å²) in [5, 5.41) is 13.9. The van der Waals surface area contributed by atoms with E-state index in [2.05, 4.69) is 5.32 Å². The highest BCUT2D eigenvalue weighted by molar-refractivity contribution is 5.95. The number of methoxy groups -OCH3 is 1. The molecule has 0 saturated heterocycles. The third kappa shape index (κ3) is 5.78. The van der Waals surface area contributed by atoms with E-state index in [1.807, 2.05) is 37.3 Å². The van der Waals surface area contributed by atoms with Crippen LogP contribution >= 0.6 is 0 Å². The predicted molar refractivity (Wildman–Crippen MR) is 107 cm³/mol. The highest BCUT2D eigenvalue weighted by Crippen LogP contribution is 2.25. The van der Waals surface area contributed by atoms with Crippen LogP contribution in [0.15, 0.2) is 48.5 Å². The first-order valence-corrected chi connectivity index (χ1v) is 9.26. The summed E-state index contributed by atoms with van der Waals surface area (Å²) < 4.78 is 10.3. The molecular formula is C21H24N2O6. The molecule has 154 valence electrons. The SMILES string of the molecule is CCC[C@@H](NC(=O)[C@H](C)OC(=O)c1cc([N+](=O)[O-])ccc1OC)c1ccccc1. The molecule has 0 aromatic heterocycles. The number of esters is 1. The number of rotatable bonds is 9. The van der Waals surface area contributed by atoms with E-state index in [9.17, 15) is 19.7 Å². The molecule has 0 fully saturated rings. The van der Waals surface area contributed by atoms with Crippen molar-refractivity contribution in [2.45, 2.75) is 38.8 Å². The van der Waals surface area contributed by atoms with Crippen molar-refractivity contribution in [1.82, 2.24) is 5.32 Å². The van der Waals surface area contributed by atoms with Gasteiger partial charge >= 0.3 is 5.97 Å². The Morgan fingerprint density at radius 2 is 1.86 bits per heavy atom. The third-order valence-electron chi connectivity index (χ3n) is 4.36. The highest BCUT2D eigenvalue weighted by Gasteiger charge is 2.25. The van der Waals surface area contributed by atoms with E-state index in [1.54, 1.807) is 0 Å². The lowest BCUT2D eigenvalue weighted by Gasteiger charge is -2.21. The quantitative estimate of drug-likeness (QED) is 0.390. The molecule has 0 aliphatic rings. The Hall–Kier alpha value is -3.42. The number of hydrogen-bond acceptors (Lipinski definition) is 6. The number of benzene rings is 2. The van der Waals surface area contributed by atoms with E-state index >= 15 is 0 Å². The van der Waals surface area contributed by atoms with Gasteiger partial charge in [-0.25, -0.2) is 4.79 Å². The summed E-state index contributed by atoms with van der Waals surface area (Å²) in [5.74, 6) is -1.20. The van der Waals surface area contributed by atoms with Gasteiger partial charge in [-0.1, -0.05) is 43.7 Å². The van der Waals surface area contributed by atoms with E-state index in [4.69, 9.17) is 9.47 Å². The molecule has 2 aromatic rings. The maximum absolute atomic E-state index is 12.6. The monoisotopic (exact) mass is 400 g/mol. The molecule has 1 N–H and O–H groups in total. The second-order valence-electron chi connectivity index (χ2n) is 6.45. The lowest BCUT2D eigenvalue weighted by atomic mass is 10.0. The predicted octanol–water partition coefficient (Wildman–Crippen LogP) is 3.81. The number of nitro groups is 1. The van der Waals surface area contributed by atoms with Crippen molar-refractivity contribution < 1.29 is 24.0 Å². The van der Waals surface area contributed by atoms with Crippen LogP contribution in [0.2, 0.25) is 0 Å². The zero-order valence-electron chi connectivity index (χ0n) is 16.6. The second kappa shape index (κ2) is 10.2. The number of non-ortho nitro benzene ring substituents is 1. The Kier molecular flexibility index (Phi) is 7.70. The van der Waals surface area contributed by atoms with E-state index in [0.717, 1.165) is 24.5 Å². The topological polar surface area (TPSA) is 108 Å². The summed E-state index contributed by atoms with van der Waals surface area (Å²) in [7, 11) is 1.34. The summed E-state index contributed by atoms with van der Waals surface area (Å²) >= 11 is 0. The molecule has 0 aliphatic heterocycles.